The second-order valence-electron chi connectivity index (χ2n) is 9.03. The van der Waals surface area contributed by atoms with E-state index in [1.54, 1.807) is 0 Å². The summed E-state index contributed by atoms with van der Waals surface area (Å²) in [5, 5.41) is 0. The van der Waals surface area contributed by atoms with Gasteiger partial charge in [-0.25, -0.2) is 4.39 Å². The number of benzene rings is 1. The first kappa shape index (κ1) is 22.2. The van der Waals surface area contributed by atoms with Crippen LogP contribution in [-0.2, 0) is 19.7 Å². The minimum atomic E-state index is -0.149. The van der Waals surface area contributed by atoms with Crippen LogP contribution in [0.25, 0.3) is 0 Å². The van der Waals surface area contributed by atoms with Crippen molar-refractivity contribution < 1.29 is 23.4 Å². The molecule has 1 amide bonds. The van der Waals surface area contributed by atoms with Crippen LogP contribution in [-0.4, -0.2) is 62.5 Å². The number of morpholine rings is 1. The zero-order chi connectivity index (χ0) is 21.7. The first-order valence-electron chi connectivity index (χ1n) is 11.3. The fourth-order valence-corrected chi connectivity index (χ4v) is 5.14. The Labute approximate surface area is 183 Å². The number of ether oxygens (including phenoxy) is 3. The standard InChI is InChI=1S/C24H33FN2O4/c25-15-19(16-26)17-30-21-3-1-20(2-4-21)23-5-8-24(9-6-23,10-7-23)31-18-22(28)27-11-13-29-14-12-27/h1-4,15H,5-14,16-18,26H2. The maximum absolute atomic E-state index is 12.6. The molecule has 31 heavy (non-hydrogen) atoms. The molecule has 0 unspecified atom stereocenters. The quantitative estimate of drug-likeness (QED) is 0.683. The fraction of sp³-hybridized carbons (Fsp3) is 0.625. The number of nitrogens with two attached hydrogens (primary N) is 1. The third-order valence-corrected chi connectivity index (χ3v) is 7.35. The van der Waals surface area contributed by atoms with Gasteiger partial charge < -0.3 is 24.8 Å². The number of nitrogens with zero attached hydrogens (tertiary/aromatic N) is 1. The van der Waals surface area contributed by atoms with Gasteiger partial charge in [-0.15, -0.1) is 0 Å². The molecule has 7 heteroatoms. The van der Waals surface area contributed by atoms with Crippen molar-refractivity contribution in [2.45, 2.75) is 49.5 Å². The van der Waals surface area contributed by atoms with Crippen LogP contribution in [0.5, 0.6) is 5.75 Å². The highest BCUT2D eigenvalue weighted by atomic mass is 19.1. The van der Waals surface area contributed by atoms with Crippen LogP contribution in [0.4, 0.5) is 4.39 Å². The SMILES string of the molecule is NCC(=CF)COc1ccc(C23CCC(OCC(=O)N4CCOCC4)(CC2)CC3)cc1. The Morgan fingerprint density at radius 3 is 2.29 bits per heavy atom. The predicted molar refractivity (Wildman–Crippen MR) is 116 cm³/mol. The average Bonchev–Trinajstić information content (AvgIpc) is 2.85. The van der Waals surface area contributed by atoms with E-state index < -0.39 is 0 Å². The van der Waals surface area contributed by atoms with E-state index in [2.05, 4.69) is 12.1 Å². The van der Waals surface area contributed by atoms with Gasteiger partial charge in [0, 0.05) is 25.2 Å². The summed E-state index contributed by atoms with van der Waals surface area (Å²) < 4.78 is 29.8. The smallest absolute Gasteiger partial charge is 0.248 e. The van der Waals surface area contributed by atoms with Crippen LogP contribution < -0.4 is 10.5 Å². The summed E-state index contributed by atoms with van der Waals surface area (Å²) in [6.45, 7) is 3.05. The molecule has 2 bridgehead atoms. The van der Waals surface area contributed by atoms with E-state index in [0.29, 0.717) is 38.2 Å². The third-order valence-electron chi connectivity index (χ3n) is 7.35. The van der Waals surface area contributed by atoms with Gasteiger partial charge in [0.1, 0.15) is 19.0 Å². The van der Waals surface area contributed by atoms with Gasteiger partial charge in [-0.05, 0) is 61.6 Å². The normalized spacial score (nSPS) is 28.6. The number of hydrogen-bond donors (Lipinski definition) is 1. The van der Waals surface area contributed by atoms with E-state index in [1.807, 2.05) is 17.0 Å². The second kappa shape index (κ2) is 9.67. The zero-order valence-corrected chi connectivity index (χ0v) is 18.1. The molecule has 5 rings (SSSR count). The van der Waals surface area contributed by atoms with Crippen LogP contribution in [0.3, 0.4) is 0 Å². The molecular weight excluding hydrogens is 399 g/mol. The molecular formula is C24H33FN2O4. The molecule has 0 spiro atoms. The zero-order valence-electron chi connectivity index (χ0n) is 18.1. The van der Waals surface area contributed by atoms with Gasteiger partial charge in [-0.2, -0.15) is 0 Å². The Morgan fingerprint density at radius 1 is 1.06 bits per heavy atom. The first-order valence-corrected chi connectivity index (χ1v) is 11.3. The molecule has 1 heterocycles. The predicted octanol–water partition coefficient (Wildman–Crippen LogP) is 3.10. The number of hydrogen-bond acceptors (Lipinski definition) is 5. The first-order chi connectivity index (χ1) is 15.1. The molecule has 1 aromatic carbocycles. The molecule has 1 aromatic rings. The van der Waals surface area contributed by atoms with Gasteiger partial charge in [0.05, 0.1) is 25.1 Å². The van der Waals surface area contributed by atoms with E-state index in [4.69, 9.17) is 19.9 Å². The number of carbonyl (C=O) groups is 1. The summed E-state index contributed by atoms with van der Waals surface area (Å²) in [6.07, 6.45) is 6.69. The summed E-state index contributed by atoms with van der Waals surface area (Å²) in [7, 11) is 0. The van der Waals surface area contributed by atoms with Gasteiger partial charge in [0.2, 0.25) is 5.91 Å². The number of amides is 1. The molecule has 170 valence electrons. The Balaban J connectivity index is 1.30. The summed E-state index contributed by atoms with van der Waals surface area (Å²) in [5.74, 6) is 0.801. The van der Waals surface area contributed by atoms with Gasteiger partial charge in [0.15, 0.2) is 0 Å². The molecule has 2 N–H and O–H groups in total. The molecule has 6 nitrogen and oxygen atoms in total. The van der Waals surface area contributed by atoms with E-state index in [1.165, 1.54) is 5.56 Å². The average molecular weight is 433 g/mol. The lowest BCUT2D eigenvalue weighted by molar-refractivity contribution is -0.158. The van der Waals surface area contributed by atoms with E-state index in [-0.39, 0.29) is 36.7 Å². The number of rotatable bonds is 8. The lowest BCUT2D eigenvalue weighted by Gasteiger charge is -2.53. The molecule has 1 aliphatic heterocycles. The Kier molecular flexibility index (Phi) is 6.94. The lowest BCUT2D eigenvalue weighted by Crippen LogP contribution is -2.51. The molecule has 0 radical (unpaired) electrons. The topological polar surface area (TPSA) is 74.0 Å². The molecule has 3 saturated carbocycles. The second-order valence-corrected chi connectivity index (χ2v) is 9.03. The Bertz CT molecular complexity index is 765. The van der Waals surface area contributed by atoms with Gasteiger partial charge in [-0.1, -0.05) is 12.1 Å². The van der Waals surface area contributed by atoms with Crippen molar-refractivity contribution >= 4 is 5.91 Å². The summed E-state index contributed by atoms with van der Waals surface area (Å²) in [4.78, 5) is 14.3. The third kappa shape index (κ3) is 4.94. The summed E-state index contributed by atoms with van der Waals surface area (Å²) in [6, 6.07) is 8.20. The van der Waals surface area contributed by atoms with E-state index in [0.717, 1.165) is 44.3 Å². The highest BCUT2D eigenvalue weighted by Gasteiger charge is 2.50. The Hall–Kier alpha value is -1.96. The van der Waals surface area contributed by atoms with Gasteiger partial charge in [-0.3, -0.25) is 4.79 Å². The van der Waals surface area contributed by atoms with Crippen molar-refractivity contribution in [1.29, 1.82) is 0 Å². The largest absolute Gasteiger partial charge is 0.489 e. The fourth-order valence-electron chi connectivity index (χ4n) is 5.14. The monoisotopic (exact) mass is 432 g/mol. The molecule has 4 aliphatic rings. The van der Waals surface area contributed by atoms with Crippen LogP contribution in [0.2, 0.25) is 0 Å². The molecule has 0 aromatic heterocycles. The minimum Gasteiger partial charge on any atom is -0.489 e. The van der Waals surface area contributed by atoms with Crippen molar-refractivity contribution in [1.82, 2.24) is 4.90 Å². The molecule has 0 atom stereocenters. The van der Waals surface area contributed by atoms with Crippen molar-refractivity contribution in [2.24, 2.45) is 5.73 Å². The van der Waals surface area contributed by atoms with Crippen LogP contribution >= 0.6 is 0 Å². The lowest BCUT2D eigenvalue weighted by atomic mass is 9.56. The minimum absolute atomic E-state index is 0.0797. The summed E-state index contributed by atoms with van der Waals surface area (Å²) >= 11 is 0. The number of fused-ring (bicyclic) bond motifs is 3. The van der Waals surface area contributed by atoms with Crippen molar-refractivity contribution in [2.75, 3.05) is 46.1 Å². The molecule has 4 fully saturated rings. The highest BCUT2D eigenvalue weighted by molar-refractivity contribution is 5.77. The maximum atomic E-state index is 12.6. The number of carbonyl (C=O) groups excluding carboxylic acids is 1. The van der Waals surface area contributed by atoms with Gasteiger partial charge >= 0.3 is 0 Å². The number of halogens is 1. The maximum Gasteiger partial charge on any atom is 0.248 e. The van der Waals surface area contributed by atoms with E-state index in [9.17, 15) is 9.18 Å². The van der Waals surface area contributed by atoms with Crippen molar-refractivity contribution in [3.8, 4) is 5.75 Å². The van der Waals surface area contributed by atoms with E-state index >= 15 is 0 Å². The summed E-state index contributed by atoms with van der Waals surface area (Å²) in [5.41, 5.74) is 7.27. The molecule has 3 aliphatic carbocycles. The van der Waals surface area contributed by atoms with Crippen LogP contribution in [0.15, 0.2) is 36.2 Å². The Morgan fingerprint density at radius 2 is 1.71 bits per heavy atom. The van der Waals surface area contributed by atoms with Crippen molar-refractivity contribution in [3.05, 3.63) is 41.7 Å². The molecule has 1 saturated heterocycles. The highest BCUT2D eigenvalue weighted by Crippen LogP contribution is 2.55. The van der Waals surface area contributed by atoms with Crippen LogP contribution in [0, 0.1) is 0 Å². The van der Waals surface area contributed by atoms with Crippen LogP contribution in [0.1, 0.15) is 44.1 Å². The van der Waals surface area contributed by atoms with Gasteiger partial charge in [0.25, 0.3) is 0 Å². The van der Waals surface area contributed by atoms with Crippen molar-refractivity contribution in [3.63, 3.8) is 0 Å².